The van der Waals surface area contributed by atoms with Gasteiger partial charge in [-0.2, -0.15) is 0 Å². The SMILES string of the molecule is S=C(NCc1cccnc1)Nc1ncc(Br)cc1Br. The average molecular weight is 402 g/mol. The van der Waals surface area contributed by atoms with Gasteiger partial charge in [0.1, 0.15) is 5.82 Å². The molecule has 4 nitrogen and oxygen atoms in total. The zero-order chi connectivity index (χ0) is 13.7. The van der Waals surface area contributed by atoms with Crippen LogP contribution in [0, 0.1) is 0 Å². The van der Waals surface area contributed by atoms with Crippen LogP contribution in [0.1, 0.15) is 5.56 Å². The molecule has 0 aliphatic rings. The summed E-state index contributed by atoms with van der Waals surface area (Å²) in [6, 6.07) is 5.77. The van der Waals surface area contributed by atoms with Crippen molar-refractivity contribution >= 4 is 55.0 Å². The lowest BCUT2D eigenvalue weighted by molar-refractivity contribution is 0.915. The number of nitrogens with zero attached hydrogens (tertiary/aromatic N) is 2. The van der Waals surface area contributed by atoms with Crippen molar-refractivity contribution in [3.8, 4) is 0 Å². The second-order valence-electron chi connectivity index (χ2n) is 3.65. The highest BCUT2D eigenvalue weighted by Crippen LogP contribution is 2.23. The molecule has 7 heteroatoms. The zero-order valence-corrected chi connectivity index (χ0v) is 13.7. The summed E-state index contributed by atoms with van der Waals surface area (Å²) in [7, 11) is 0. The molecular formula is C12H10Br2N4S. The first-order chi connectivity index (χ1) is 9.15. The number of rotatable bonds is 3. The van der Waals surface area contributed by atoms with Gasteiger partial charge in [-0.15, -0.1) is 0 Å². The van der Waals surface area contributed by atoms with Crippen molar-refractivity contribution in [2.75, 3.05) is 5.32 Å². The predicted molar refractivity (Wildman–Crippen MR) is 86.9 cm³/mol. The average Bonchev–Trinajstić information content (AvgIpc) is 2.41. The van der Waals surface area contributed by atoms with Crippen molar-refractivity contribution in [3.05, 3.63) is 51.3 Å². The van der Waals surface area contributed by atoms with Crippen LogP contribution in [0.15, 0.2) is 45.7 Å². The van der Waals surface area contributed by atoms with E-state index in [4.69, 9.17) is 12.2 Å². The monoisotopic (exact) mass is 400 g/mol. The van der Waals surface area contributed by atoms with Crippen LogP contribution in [0.25, 0.3) is 0 Å². The van der Waals surface area contributed by atoms with Gasteiger partial charge < -0.3 is 10.6 Å². The molecule has 0 spiro atoms. The minimum Gasteiger partial charge on any atom is -0.358 e. The Morgan fingerprint density at radius 2 is 2.16 bits per heavy atom. The van der Waals surface area contributed by atoms with Gasteiger partial charge in [0, 0.05) is 29.6 Å². The Labute approximate surface area is 133 Å². The third kappa shape index (κ3) is 4.52. The topological polar surface area (TPSA) is 49.8 Å². The van der Waals surface area contributed by atoms with Crippen LogP contribution in [0.4, 0.5) is 5.82 Å². The smallest absolute Gasteiger partial charge is 0.172 e. The molecule has 0 aliphatic heterocycles. The molecule has 0 atom stereocenters. The molecule has 0 bridgehead atoms. The molecule has 2 N–H and O–H groups in total. The third-order valence-corrected chi connectivity index (χ3v) is 3.50. The molecule has 98 valence electrons. The summed E-state index contributed by atoms with van der Waals surface area (Å²) in [5.74, 6) is 0.673. The summed E-state index contributed by atoms with van der Waals surface area (Å²) in [6.07, 6.45) is 5.24. The van der Waals surface area contributed by atoms with Gasteiger partial charge >= 0.3 is 0 Å². The molecule has 0 fully saturated rings. The molecule has 0 amide bonds. The molecule has 0 unspecified atom stereocenters. The van der Waals surface area contributed by atoms with Crippen molar-refractivity contribution in [1.29, 1.82) is 0 Å². The van der Waals surface area contributed by atoms with E-state index >= 15 is 0 Å². The number of anilines is 1. The molecule has 2 aromatic heterocycles. The van der Waals surface area contributed by atoms with E-state index in [0.29, 0.717) is 17.5 Å². The number of hydrogen-bond acceptors (Lipinski definition) is 3. The largest absolute Gasteiger partial charge is 0.358 e. The predicted octanol–water partition coefficient (Wildman–Crippen LogP) is 3.49. The second kappa shape index (κ2) is 6.93. The van der Waals surface area contributed by atoms with E-state index in [1.165, 1.54) is 0 Å². The molecule has 0 aromatic carbocycles. The number of aromatic nitrogens is 2. The first kappa shape index (κ1) is 14.4. The fourth-order valence-corrected chi connectivity index (χ4v) is 2.60. The Bertz CT molecular complexity index is 577. The minimum atomic E-state index is 0.513. The van der Waals surface area contributed by atoms with E-state index in [1.54, 1.807) is 18.6 Å². The lowest BCUT2D eigenvalue weighted by Crippen LogP contribution is -2.28. The number of pyridine rings is 2. The van der Waals surface area contributed by atoms with Gasteiger partial charge in [-0.3, -0.25) is 4.98 Å². The van der Waals surface area contributed by atoms with E-state index < -0.39 is 0 Å². The van der Waals surface area contributed by atoms with Gasteiger partial charge in [-0.25, -0.2) is 4.98 Å². The van der Waals surface area contributed by atoms with Crippen LogP contribution in [-0.4, -0.2) is 15.1 Å². The Kier molecular flexibility index (Phi) is 5.24. The van der Waals surface area contributed by atoms with Gasteiger partial charge in [-0.1, -0.05) is 6.07 Å². The van der Waals surface area contributed by atoms with Crippen LogP contribution in [-0.2, 0) is 6.54 Å². The Balaban J connectivity index is 1.91. The van der Waals surface area contributed by atoms with Crippen molar-refractivity contribution in [2.45, 2.75) is 6.54 Å². The van der Waals surface area contributed by atoms with Crippen LogP contribution in [0.5, 0.6) is 0 Å². The minimum absolute atomic E-state index is 0.513. The Morgan fingerprint density at radius 3 is 2.84 bits per heavy atom. The van der Waals surface area contributed by atoms with Gasteiger partial charge in [0.25, 0.3) is 0 Å². The molecule has 19 heavy (non-hydrogen) atoms. The molecule has 0 saturated heterocycles. The van der Waals surface area contributed by atoms with E-state index in [2.05, 4.69) is 52.5 Å². The van der Waals surface area contributed by atoms with E-state index in [0.717, 1.165) is 14.5 Å². The molecule has 2 rings (SSSR count). The zero-order valence-electron chi connectivity index (χ0n) is 9.73. The maximum Gasteiger partial charge on any atom is 0.172 e. The maximum absolute atomic E-state index is 5.21. The van der Waals surface area contributed by atoms with E-state index in [1.807, 2.05) is 18.2 Å². The summed E-state index contributed by atoms with van der Waals surface area (Å²) < 4.78 is 1.74. The summed E-state index contributed by atoms with van der Waals surface area (Å²) in [6.45, 7) is 0.619. The lowest BCUT2D eigenvalue weighted by atomic mass is 10.3. The first-order valence-corrected chi connectivity index (χ1v) is 7.39. The van der Waals surface area contributed by atoms with E-state index in [-0.39, 0.29) is 0 Å². The van der Waals surface area contributed by atoms with Crippen molar-refractivity contribution < 1.29 is 0 Å². The van der Waals surface area contributed by atoms with Gasteiger partial charge in [-0.05, 0) is 61.8 Å². The highest BCUT2D eigenvalue weighted by atomic mass is 79.9. The summed E-state index contributed by atoms with van der Waals surface area (Å²) >= 11 is 12.0. The third-order valence-electron chi connectivity index (χ3n) is 2.22. The maximum atomic E-state index is 5.21. The highest BCUT2D eigenvalue weighted by molar-refractivity contribution is 9.11. The second-order valence-corrected chi connectivity index (χ2v) is 5.83. The molecule has 0 aliphatic carbocycles. The van der Waals surface area contributed by atoms with Gasteiger partial charge in [0.2, 0.25) is 0 Å². The fourth-order valence-electron chi connectivity index (χ4n) is 1.34. The highest BCUT2D eigenvalue weighted by Gasteiger charge is 2.04. The summed E-state index contributed by atoms with van der Waals surface area (Å²) in [5, 5.41) is 6.64. The molecular weight excluding hydrogens is 392 g/mol. The number of nitrogens with one attached hydrogen (secondary N) is 2. The Hall–Kier alpha value is -1.05. The van der Waals surface area contributed by atoms with Crippen LogP contribution in [0.3, 0.4) is 0 Å². The van der Waals surface area contributed by atoms with Gasteiger partial charge in [0.15, 0.2) is 5.11 Å². The molecule has 2 aromatic rings. The van der Waals surface area contributed by atoms with Crippen LogP contribution >= 0.6 is 44.1 Å². The van der Waals surface area contributed by atoms with Crippen LogP contribution in [0.2, 0.25) is 0 Å². The standard InChI is InChI=1S/C12H10Br2N4S/c13-9-4-10(14)11(16-7-9)18-12(19)17-6-8-2-1-3-15-5-8/h1-5,7H,6H2,(H2,16,17,18,19). The number of halogens is 2. The van der Waals surface area contributed by atoms with Crippen LogP contribution < -0.4 is 10.6 Å². The number of thiocarbonyl (C=S) groups is 1. The van der Waals surface area contributed by atoms with Crippen molar-refractivity contribution in [3.63, 3.8) is 0 Å². The van der Waals surface area contributed by atoms with Gasteiger partial charge in [0.05, 0.1) is 4.47 Å². The summed E-state index contributed by atoms with van der Waals surface area (Å²) in [5.41, 5.74) is 1.06. The first-order valence-electron chi connectivity index (χ1n) is 5.40. The molecule has 0 saturated carbocycles. The fraction of sp³-hybridized carbons (Fsp3) is 0.0833. The van der Waals surface area contributed by atoms with Crippen molar-refractivity contribution in [2.24, 2.45) is 0 Å². The lowest BCUT2D eigenvalue weighted by Gasteiger charge is -2.11. The number of hydrogen-bond donors (Lipinski definition) is 2. The Morgan fingerprint density at radius 1 is 1.32 bits per heavy atom. The molecule has 2 heterocycles. The molecule has 0 radical (unpaired) electrons. The quantitative estimate of drug-likeness (QED) is 0.771. The van der Waals surface area contributed by atoms with Crippen molar-refractivity contribution in [1.82, 2.24) is 15.3 Å². The normalized spacial score (nSPS) is 10.0. The van der Waals surface area contributed by atoms with E-state index in [9.17, 15) is 0 Å². The summed E-state index contributed by atoms with van der Waals surface area (Å²) in [4.78, 5) is 8.27.